The number of thiazole rings is 1. The largest absolute Gasteiger partial charge is 0.457 e. The topological polar surface area (TPSA) is 86.8 Å². The predicted molar refractivity (Wildman–Crippen MR) is 105 cm³/mol. The van der Waals surface area contributed by atoms with Crippen molar-refractivity contribution < 1.29 is 23.8 Å². The summed E-state index contributed by atoms with van der Waals surface area (Å²) in [5.74, 6) is 0.151. The zero-order chi connectivity index (χ0) is 19.8. The molecule has 8 heteroatoms. The zero-order valence-electron chi connectivity index (χ0n) is 15.1. The lowest BCUT2D eigenvalue weighted by atomic mass is 10.3. The van der Waals surface area contributed by atoms with E-state index in [1.54, 1.807) is 36.8 Å². The number of rotatable bonds is 8. The highest BCUT2D eigenvalue weighted by Crippen LogP contribution is 2.23. The molecule has 1 heterocycles. The van der Waals surface area contributed by atoms with E-state index in [2.05, 4.69) is 10.3 Å². The fourth-order valence-corrected chi connectivity index (χ4v) is 2.99. The van der Waals surface area contributed by atoms with Crippen molar-refractivity contribution in [3.63, 3.8) is 0 Å². The fourth-order valence-electron chi connectivity index (χ4n) is 2.26. The second kappa shape index (κ2) is 9.63. The van der Waals surface area contributed by atoms with Crippen LogP contribution in [0.2, 0.25) is 0 Å². The van der Waals surface area contributed by atoms with Gasteiger partial charge in [-0.3, -0.25) is 4.79 Å². The Morgan fingerprint density at radius 2 is 1.86 bits per heavy atom. The van der Waals surface area contributed by atoms with Crippen LogP contribution in [0, 0.1) is 0 Å². The van der Waals surface area contributed by atoms with Crippen molar-refractivity contribution in [3.05, 3.63) is 70.7 Å². The van der Waals surface area contributed by atoms with Gasteiger partial charge in [-0.2, -0.15) is 0 Å². The molecule has 0 unspecified atom stereocenters. The number of benzene rings is 2. The van der Waals surface area contributed by atoms with Crippen LogP contribution in [0.1, 0.15) is 15.5 Å². The van der Waals surface area contributed by atoms with Gasteiger partial charge in [0.2, 0.25) is 0 Å². The maximum atomic E-state index is 12.1. The Labute approximate surface area is 165 Å². The molecule has 0 aliphatic rings. The smallest absolute Gasteiger partial charge is 0.358 e. The van der Waals surface area contributed by atoms with Crippen LogP contribution in [0.5, 0.6) is 11.5 Å². The Hall–Kier alpha value is -3.23. The van der Waals surface area contributed by atoms with Crippen LogP contribution in [0.4, 0.5) is 5.69 Å². The molecule has 0 aliphatic carbocycles. The first-order chi connectivity index (χ1) is 13.6. The first-order valence-electron chi connectivity index (χ1n) is 8.37. The molecule has 0 fully saturated rings. The lowest BCUT2D eigenvalue weighted by Crippen LogP contribution is -2.21. The number of carbonyl (C=O) groups excluding carboxylic acids is 2. The zero-order valence-corrected chi connectivity index (χ0v) is 15.9. The minimum Gasteiger partial charge on any atom is -0.457 e. The molecule has 3 rings (SSSR count). The Kier molecular flexibility index (Phi) is 6.72. The van der Waals surface area contributed by atoms with Gasteiger partial charge in [0, 0.05) is 24.2 Å². The fraction of sp³-hybridized carbons (Fsp3) is 0.150. The lowest BCUT2D eigenvalue weighted by molar-refractivity contribution is -0.119. The van der Waals surface area contributed by atoms with Gasteiger partial charge in [-0.15, -0.1) is 11.3 Å². The van der Waals surface area contributed by atoms with E-state index in [-0.39, 0.29) is 5.69 Å². The van der Waals surface area contributed by atoms with Crippen molar-refractivity contribution in [2.24, 2.45) is 0 Å². The summed E-state index contributed by atoms with van der Waals surface area (Å²) in [6, 6.07) is 16.2. The Morgan fingerprint density at radius 3 is 2.64 bits per heavy atom. The first kappa shape index (κ1) is 19.5. The molecule has 1 N–H and O–H groups in total. The van der Waals surface area contributed by atoms with E-state index in [9.17, 15) is 9.59 Å². The maximum absolute atomic E-state index is 12.1. The van der Waals surface area contributed by atoms with E-state index >= 15 is 0 Å². The number of nitrogens with zero attached hydrogens (tertiary/aromatic N) is 1. The average molecular weight is 398 g/mol. The van der Waals surface area contributed by atoms with Gasteiger partial charge < -0.3 is 19.5 Å². The van der Waals surface area contributed by atoms with E-state index in [1.165, 1.54) is 11.3 Å². The number of anilines is 1. The third kappa shape index (κ3) is 5.63. The van der Waals surface area contributed by atoms with Crippen LogP contribution >= 0.6 is 11.3 Å². The first-order valence-corrected chi connectivity index (χ1v) is 9.25. The number of nitrogens with one attached hydrogen (secondary N) is 1. The summed E-state index contributed by atoms with van der Waals surface area (Å²) in [6.07, 6.45) is 0. The normalized spacial score (nSPS) is 10.3. The summed E-state index contributed by atoms with van der Waals surface area (Å²) >= 11 is 1.29. The second-order valence-corrected chi connectivity index (χ2v) is 6.57. The summed E-state index contributed by atoms with van der Waals surface area (Å²) in [6.45, 7) is -0.0977. The highest BCUT2D eigenvalue weighted by molar-refractivity contribution is 7.09. The van der Waals surface area contributed by atoms with E-state index in [4.69, 9.17) is 14.2 Å². The van der Waals surface area contributed by atoms with Crippen LogP contribution < -0.4 is 10.1 Å². The van der Waals surface area contributed by atoms with Gasteiger partial charge in [0.15, 0.2) is 12.3 Å². The maximum Gasteiger partial charge on any atom is 0.358 e. The van der Waals surface area contributed by atoms with Gasteiger partial charge in [-0.1, -0.05) is 24.3 Å². The minimum absolute atomic E-state index is 0.156. The molecule has 7 nitrogen and oxygen atoms in total. The molecule has 0 spiro atoms. The minimum atomic E-state index is -0.657. The van der Waals surface area contributed by atoms with Gasteiger partial charge >= 0.3 is 5.97 Å². The van der Waals surface area contributed by atoms with Crippen LogP contribution in [0.15, 0.2) is 60.0 Å². The standard InChI is InChI=1S/C20H18N2O5S/c1-25-12-19-22-17(13-28-19)20(24)26-11-18(23)21-14-6-5-9-16(10-14)27-15-7-3-2-4-8-15/h2-10,13H,11-12H2,1H3,(H,21,23). The summed E-state index contributed by atoms with van der Waals surface area (Å²) in [4.78, 5) is 28.1. The summed E-state index contributed by atoms with van der Waals surface area (Å²) in [7, 11) is 1.55. The molecule has 1 aromatic heterocycles. The number of hydrogen-bond donors (Lipinski definition) is 1. The van der Waals surface area contributed by atoms with Crippen molar-refractivity contribution in [2.45, 2.75) is 6.61 Å². The molecule has 0 saturated carbocycles. The van der Waals surface area contributed by atoms with Crippen molar-refractivity contribution in [2.75, 3.05) is 19.0 Å². The molecular weight excluding hydrogens is 380 g/mol. The Morgan fingerprint density at radius 1 is 1.07 bits per heavy atom. The third-order valence-electron chi connectivity index (χ3n) is 3.46. The number of hydrogen-bond acceptors (Lipinski definition) is 7. The van der Waals surface area contributed by atoms with Gasteiger partial charge in [0.25, 0.3) is 5.91 Å². The van der Waals surface area contributed by atoms with E-state index in [1.807, 2.05) is 30.3 Å². The lowest BCUT2D eigenvalue weighted by Gasteiger charge is -2.09. The number of methoxy groups -OCH3 is 1. The summed E-state index contributed by atoms with van der Waals surface area (Å²) in [5, 5.41) is 4.90. The number of ether oxygens (including phenoxy) is 3. The number of esters is 1. The van der Waals surface area contributed by atoms with Crippen LogP contribution in [0.25, 0.3) is 0 Å². The van der Waals surface area contributed by atoms with Crippen molar-refractivity contribution in [1.82, 2.24) is 4.98 Å². The molecular formula is C20H18N2O5S. The SMILES string of the molecule is COCc1nc(C(=O)OCC(=O)Nc2cccc(Oc3ccccc3)c2)cs1. The summed E-state index contributed by atoms with van der Waals surface area (Å²) in [5.41, 5.74) is 0.689. The molecule has 0 saturated heterocycles. The highest BCUT2D eigenvalue weighted by atomic mass is 32.1. The second-order valence-electron chi connectivity index (χ2n) is 5.63. The molecule has 1 amide bonds. The number of amides is 1. The quantitative estimate of drug-likeness (QED) is 0.580. The van der Waals surface area contributed by atoms with Gasteiger partial charge in [0.1, 0.15) is 16.5 Å². The Bertz CT molecular complexity index is 943. The predicted octanol–water partition coefficient (Wildman–Crippen LogP) is 3.88. The van der Waals surface area contributed by atoms with E-state index in [0.29, 0.717) is 28.8 Å². The van der Waals surface area contributed by atoms with Gasteiger partial charge in [-0.25, -0.2) is 9.78 Å². The molecule has 2 aromatic carbocycles. The van der Waals surface area contributed by atoms with E-state index < -0.39 is 18.5 Å². The molecule has 28 heavy (non-hydrogen) atoms. The third-order valence-corrected chi connectivity index (χ3v) is 4.28. The van der Waals surface area contributed by atoms with Crippen molar-refractivity contribution >= 4 is 28.9 Å². The number of carbonyl (C=O) groups is 2. The molecule has 0 aliphatic heterocycles. The van der Waals surface area contributed by atoms with E-state index in [0.717, 1.165) is 0 Å². The average Bonchev–Trinajstić information content (AvgIpc) is 3.16. The van der Waals surface area contributed by atoms with Crippen LogP contribution in [-0.2, 0) is 20.9 Å². The number of aromatic nitrogens is 1. The van der Waals surface area contributed by atoms with Crippen molar-refractivity contribution in [1.29, 1.82) is 0 Å². The molecule has 0 atom stereocenters. The Balaban J connectivity index is 1.51. The van der Waals surface area contributed by atoms with Gasteiger partial charge in [-0.05, 0) is 24.3 Å². The number of para-hydroxylation sites is 1. The van der Waals surface area contributed by atoms with Crippen LogP contribution in [0.3, 0.4) is 0 Å². The monoisotopic (exact) mass is 398 g/mol. The molecule has 3 aromatic rings. The van der Waals surface area contributed by atoms with Crippen molar-refractivity contribution in [3.8, 4) is 11.5 Å². The van der Waals surface area contributed by atoms with Crippen LogP contribution in [-0.4, -0.2) is 30.6 Å². The summed E-state index contributed by atoms with van der Waals surface area (Å²) < 4.78 is 15.7. The molecule has 0 bridgehead atoms. The van der Waals surface area contributed by atoms with Gasteiger partial charge in [0.05, 0.1) is 6.61 Å². The highest BCUT2D eigenvalue weighted by Gasteiger charge is 2.14. The molecule has 0 radical (unpaired) electrons. The molecule has 144 valence electrons.